The number of piperazine rings is 1. The largest absolute Gasteiger partial charge is 0.497 e. The normalized spacial score (nSPS) is 21.1. The molecular weight excluding hydrogens is 364 g/mol. The van der Waals surface area contributed by atoms with Gasteiger partial charge in [-0.15, -0.1) is 0 Å². The van der Waals surface area contributed by atoms with Gasteiger partial charge in [-0.2, -0.15) is 0 Å². The van der Waals surface area contributed by atoms with E-state index < -0.39 is 0 Å². The first-order valence-corrected chi connectivity index (χ1v) is 12.0. The molecule has 4 nitrogen and oxygen atoms in total. The van der Waals surface area contributed by atoms with E-state index in [1.165, 1.54) is 30.6 Å². The van der Waals surface area contributed by atoms with Crippen LogP contribution < -0.4 is 4.74 Å². The van der Waals surface area contributed by atoms with Crippen LogP contribution in [0.25, 0.3) is 0 Å². The van der Waals surface area contributed by atoms with Crippen molar-refractivity contribution in [3.8, 4) is 5.75 Å². The summed E-state index contributed by atoms with van der Waals surface area (Å²) in [6, 6.07) is 8.27. The molecule has 3 rings (SSSR count). The fraction of sp³-hybridized carbons (Fsp3) is 0.650. The maximum absolute atomic E-state index is 12.4. The zero-order valence-electron chi connectivity index (χ0n) is 15.7. The van der Waals surface area contributed by atoms with E-state index in [1.54, 1.807) is 7.11 Å². The molecule has 0 radical (unpaired) electrons. The molecule has 2 aliphatic heterocycles. The summed E-state index contributed by atoms with van der Waals surface area (Å²) in [5, 5.41) is 0.830. The van der Waals surface area contributed by atoms with Gasteiger partial charge in [0.15, 0.2) is 0 Å². The van der Waals surface area contributed by atoms with Gasteiger partial charge in [-0.05, 0) is 37.0 Å². The average Bonchev–Trinajstić information content (AvgIpc) is 3.20. The van der Waals surface area contributed by atoms with Crippen molar-refractivity contribution in [1.82, 2.24) is 9.80 Å². The molecule has 0 saturated carbocycles. The number of carbonyl (C=O) groups excluding carboxylic acids is 1. The van der Waals surface area contributed by atoms with Crippen LogP contribution in [0.15, 0.2) is 24.3 Å². The highest BCUT2D eigenvalue weighted by Crippen LogP contribution is 2.39. The van der Waals surface area contributed by atoms with Crippen molar-refractivity contribution < 1.29 is 9.53 Å². The third kappa shape index (κ3) is 6.10. The standard InChI is InChI=1S/C20H30N2O2S2/c1-24-18-8-6-17(7-9-18)16-21-11-13-22(14-12-21)20(23)5-3-2-4-19-10-15-25-26-19/h6-9,19H,2-5,10-16H2,1H3. The van der Waals surface area contributed by atoms with Gasteiger partial charge >= 0.3 is 0 Å². The molecule has 26 heavy (non-hydrogen) atoms. The fourth-order valence-electron chi connectivity index (χ4n) is 3.52. The van der Waals surface area contributed by atoms with Gasteiger partial charge in [0.25, 0.3) is 0 Å². The highest BCUT2D eigenvalue weighted by molar-refractivity contribution is 8.77. The number of carbonyl (C=O) groups is 1. The van der Waals surface area contributed by atoms with Crippen LogP contribution in [-0.4, -0.2) is 60.0 Å². The van der Waals surface area contributed by atoms with Gasteiger partial charge in [-0.3, -0.25) is 9.69 Å². The first-order valence-electron chi connectivity index (χ1n) is 9.66. The summed E-state index contributed by atoms with van der Waals surface area (Å²) >= 11 is 0. The Labute approximate surface area is 165 Å². The van der Waals surface area contributed by atoms with Gasteiger partial charge in [0.05, 0.1) is 7.11 Å². The molecule has 0 N–H and O–H groups in total. The molecule has 6 heteroatoms. The molecule has 1 aromatic carbocycles. The summed E-state index contributed by atoms with van der Waals surface area (Å²) < 4.78 is 5.21. The Bertz CT molecular complexity index is 553. The number of amides is 1. The lowest BCUT2D eigenvalue weighted by Gasteiger charge is -2.35. The molecule has 0 aromatic heterocycles. The summed E-state index contributed by atoms with van der Waals surface area (Å²) in [5.41, 5.74) is 1.30. The Balaban J connectivity index is 1.31. The van der Waals surface area contributed by atoms with Crippen LogP contribution in [0.5, 0.6) is 5.75 Å². The van der Waals surface area contributed by atoms with Crippen LogP contribution in [0, 0.1) is 0 Å². The third-order valence-electron chi connectivity index (χ3n) is 5.18. The fourth-order valence-corrected chi connectivity index (χ4v) is 6.54. The quantitative estimate of drug-likeness (QED) is 0.491. The minimum absolute atomic E-state index is 0.350. The van der Waals surface area contributed by atoms with Crippen LogP contribution in [-0.2, 0) is 11.3 Å². The van der Waals surface area contributed by atoms with Crippen molar-refractivity contribution in [2.75, 3.05) is 39.0 Å². The van der Waals surface area contributed by atoms with E-state index in [-0.39, 0.29) is 0 Å². The van der Waals surface area contributed by atoms with Crippen LogP contribution in [0.2, 0.25) is 0 Å². The number of unbranched alkanes of at least 4 members (excludes halogenated alkanes) is 1. The molecule has 1 amide bonds. The van der Waals surface area contributed by atoms with Crippen LogP contribution in [0.3, 0.4) is 0 Å². The lowest BCUT2D eigenvalue weighted by molar-refractivity contribution is -0.133. The number of benzene rings is 1. The smallest absolute Gasteiger partial charge is 0.222 e. The van der Waals surface area contributed by atoms with Crippen molar-refractivity contribution in [1.29, 1.82) is 0 Å². The highest BCUT2D eigenvalue weighted by Gasteiger charge is 2.21. The summed E-state index contributed by atoms with van der Waals surface area (Å²) in [4.78, 5) is 16.9. The lowest BCUT2D eigenvalue weighted by Crippen LogP contribution is -2.48. The maximum Gasteiger partial charge on any atom is 0.222 e. The van der Waals surface area contributed by atoms with Gasteiger partial charge in [-0.25, -0.2) is 0 Å². The molecule has 2 heterocycles. The summed E-state index contributed by atoms with van der Waals surface area (Å²) in [6.45, 7) is 4.61. The molecule has 0 spiro atoms. The first kappa shape index (κ1) is 19.9. The molecule has 0 bridgehead atoms. The summed E-state index contributed by atoms with van der Waals surface area (Å²) in [7, 11) is 5.74. The Morgan fingerprint density at radius 3 is 2.58 bits per heavy atom. The van der Waals surface area contributed by atoms with Gasteiger partial charge in [-0.1, -0.05) is 40.1 Å². The van der Waals surface area contributed by atoms with E-state index >= 15 is 0 Å². The second-order valence-electron chi connectivity index (χ2n) is 7.08. The maximum atomic E-state index is 12.4. The van der Waals surface area contributed by atoms with E-state index in [1.807, 2.05) is 33.7 Å². The number of hydrogen-bond acceptors (Lipinski definition) is 5. The number of methoxy groups -OCH3 is 1. The molecule has 144 valence electrons. The number of ether oxygens (including phenoxy) is 1. The van der Waals surface area contributed by atoms with Crippen molar-refractivity contribution in [3.05, 3.63) is 29.8 Å². The second-order valence-corrected chi connectivity index (χ2v) is 9.87. The number of nitrogens with zero attached hydrogens (tertiary/aromatic N) is 2. The van der Waals surface area contributed by atoms with E-state index in [9.17, 15) is 4.79 Å². The first-order chi connectivity index (χ1) is 12.7. The van der Waals surface area contributed by atoms with E-state index in [4.69, 9.17) is 4.74 Å². The average molecular weight is 395 g/mol. The van der Waals surface area contributed by atoms with E-state index in [0.29, 0.717) is 5.91 Å². The molecule has 1 unspecified atom stereocenters. The van der Waals surface area contributed by atoms with Gasteiger partial charge in [0, 0.05) is 50.1 Å². The molecule has 0 aliphatic carbocycles. The Morgan fingerprint density at radius 1 is 1.15 bits per heavy atom. The van der Waals surface area contributed by atoms with Crippen molar-refractivity contribution in [2.45, 2.75) is 43.9 Å². The Morgan fingerprint density at radius 2 is 1.92 bits per heavy atom. The van der Waals surface area contributed by atoms with Crippen LogP contribution >= 0.6 is 21.6 Å². The predicted molar refractivity (Wildman–Crippen MR) is 112 cm³/mol. The minimum Gasteiger partial charge on any atom is -0.497 e. The molecule has 2 saturated heterocycles. The van der Waals surface area contributed by atoms with Gasteiger partial charge in [0.2, 0.25) is 5.91 Å². The number of hydrogen-bond donors (Lipinski definition) is 0. The van der Waals surface area contributed by atoms with Crippen LogP contribution in [0.4, 0.5) is 0 Å². The zero-order chi connectivity index (χ0) is 18.2. The van der Waals surface area contributed by atoms with Crippen molar-refractivity contribution in [2.24, 2.45) is 0 Å². The molecule has 1 atom stereocenters. The van der Waals surface area contributed by atoms with Crippen molar-refractivity contribution in [3.63, 3.8) is 0 Å². The van der Waals surface area contributed by atoms with Gasteiger partial charge in [0.1, 0.15) is 5.75 Å². The van der Waals surface area contributed by atoms with Crippen molar-refractivity contribution >= 4 is 27.5 Å². The third-order valence-corrected chi connectivity index (χ3v) is 8.19. The SMILES string of the molecule is COc1ccc(CN2CCN(C(=O)CCCCC3CCSS3)CC2)cc1. The van der Waals surface area contributed by atoms with Crippen LogP contribution in [0.1, 0.15) is 37.7 Å². The highest BCUT2D eigenvalue weighted by atomic mass is 33.1. The Hall–Kier alpha value is -0.850. The molecule has 2 aliphatic rings. The van der Waals surface area contributed by atoms with E-state index in [2.05, 4.69) is 21.9 Å². The van der Waals surface area contributed by atoms with E-state index in [0.717, 1.165) is 56.6 Å². The summed E-state index contributed by atoms with van der Waals surface area (Å²) in [5.74, 6) is 2.55. The zero-order valence-corrected chi connectivity index (χ0v) is 17.3. The Kier molecular flexibility index (Phi) is 8.02. The van der Waals surface area contributed by atoms with Gasteiger partial charge < -0.3 is 9.64 Å². The minimum atomic E-state index is 0.350. The predicted octanol–water partition coefficient (Wildman–Crippen LogP) is 4.05. The molecule has 1 aromatic rings. The topological polar surface area (TPSA) is 32.8 Å². The lowest BCUT2D eigenvalue weighted by atomic mass is 10.1. The second kappa shape index (κ2) is 10.5. The monoisotopic (exact) mass is 394 g/mol. The summed E-state index contributed by atoms with van der Waals surface area (Å²) in [6.07, 6.45) is 5.59. The molecular formula is C20H30N2O2S2. The number of rotatable bonds is 8. The molecule has 2 fully saturated rings.